The van der Waals surface area contributed by atoms with Gasteiger partial charge in [0.15, 0.2) is 0 Å². The molecule has 1 fully saturated rings. The summed E-state index contributed by atoms with van der Waals surface area (Å²) in [6.45, 7) is 7.93. The summed E-state index contributed by atoms with van der Waals surface area (Å²) in [5.41, 5.74) is 1.03. The molecule has 2 heterocycles. The van der Waals surface area contributed by atoms with Crippen molar-refractivity contribution in [2.45, 2.75) is 45.8 Å². The maximum Gasteiger partial charge on any atom is 0.407 e. The molecular weight excluding hydrogens is 404 g/mol. The number of likely N-dealkylation sites (tertiary alicyclic amines) is 1. The van der Waals surface area contributed by atoms with Crippen molar-refractivity contribution < 1.29 is 14.3 Å². The van der Waals surface area contributed by atoms with E-state index in [9.17, 15) is 9.59 Å². The smallest absolute Gasteiger partial charge is 0.407 e. The predicted octanol–water partition coefficient (Wildman–Crippen LogP) is 3.96. The highest BCUT2D eigenvalue weighted by molar-refractivity contribution is 6.31. The first-order valence-corrected chi connectivity index (χ1v) is 10.6. The normalized spacial score (nSPS) is 15.1. The Balaban J connectivity index is 1.47. The molecular formula is C22H29ClN4O3. The van der Waals surface area contributed by atoms with Crippen LogP contribution in [0.2, 0.25) is 5.02 Å². The minimum Gasteiger partial charge on any atom is -0.444 e. The van der Waals surface area contributed by atoms with E-state index in [0.717, 1.165) is 18.4 Å². The van der Waals surface area contributed by atoms with Crippen LogP contribution in [0.5, 0.6) is 0 Å². The molecule has 0 saturated carbocycles. The largest absolute Gasteiger partial charge is 0.444 e. The van der Waals surface area contributed by atoms with Crippen LogP contribution in [-0.2, 0) is 11.3 Å². The van der Waals surface area contributed by atoms with Gasteiger partial charge in [-0.25, -0.2) is 4.79 Å². The molecule has 8 heteroatoms. The number of alkyl carbamates (subject to hydrolysis) is 1. The molecule has 30 heavy (non-hydrogen) atoms. The van der Waals surface area contributed by atoms with Crippen LogP contribution in [0, 0.1) is 5.92 Å². The predicted molar refractivity (Wildman–Crippen MR) is 116 cm³/mol. The van der Waals surface area contributed by atoms with Gasteiger partial charge in [0.2, 0.25) is 0 Å². The number of aromatic nitrogens is 2. The summed E-state index contributed by atoms with van der Waals surface area (Å²) < 4.78 is 6.99. The van der Waals surface area contributed by atoms with Crippen LogP contribution in [0.3, 0.4) is 0 Å². The molecule has 7 nitrogen and oxygen atoms in total. The van der Waals surface area contributed by atoms with Crippen LogP contribution in [0.15, 0.2) is 36.7 Å². The molecule has 0 unspecified atom stereocenters. The van der Waals surface area contributed by atoms with Crippen molar-refractivity contribution in [1.82, 2.24) is 20.0 Å². The van der Waals surface area contributed by atoms with E-state index >= 15 is 0 Å². The third-order valence-electron chi connectivity index (χ3n) is 5.01. The van der Waals surface area contributed by atoms with E-state index < -0.39 is 11.7 Å². The number of halogens is 1. The van der Waals surface area contributed by atoms with Gasteiger partial charge in [-0.05, 0) is 51.2 Å². The summed E-state index contributed by atoms with van der Waals surface area (Å²) >= 11 is 6.21. The molecule has 2 amide bonds. The lowest BCUT2D eigenvalue weighted by molar-refractivity contribution is 0.0500. The van der Waals surface area contributed by atoms with Gasteiger partial charge in [0, 0.05) is 30.9 Å². The first kappa shape index (κ1) is 22.2. The lowest BCUT2D eigenvalue weighted by atomic mass is 9.96. The van der Waals surface area contributed by atoms with Gasteiger partial charge < -0.3 is 15.0 Å². The summed E-state index contributed by atoms with van der Waals surface area (Å²) in [5.74, 6) is 0.323. The fourth-order valence-corrected chi connectivity index (χ4v) is 3.62. The summed E-state index contributed by atoms with van der Waals surface area (Å²) in [6.07, 6.45) is 4.66. The SMILES string of the molecule is CC(C)(C)OC(=O)NCC1CCN(C(=O)c2cnn(Cc3ccccc3Cl)c2)CC1. The number of hydrogen-bond acceptors (Lipinski definition) is 4. The maximum absolute atomic E-state index is 12.8. The van der Waals surface area contributed by atoms with Crippen LogP contribution in [0.1, 0.15) is 49.5 Å². The number of hydrogen-bond donors (Lipinski definition) is 1. The number of amides is 2. The van der Waals surface area contributed by atoms with E-state index in [-0.39, 0.29) is 5.91 Å². The molecule has 0 spiro atoms. The van der Waals surface area contributed by atoms with Gasteiger partial charge in [-0.1, -0.05) is 29.8 Å². The monoisotopic (exact) mass is 432 g/mol. The Morgan fingerprint density at radius 3 is 2.60 bits per heavy atom. The van der Waals surface area contributed by atoms with Crippen LogP contribution < -0.4 is 5.32 Å². The van der Waals surface area contributed by atoms with Gasteiger partial charge in [-0.15, -0.1) is 0 Å². The Hall–Kier alpha value is -2.54. The zero-order chi connectivity index (χ0) is 21.7. The fourth-order valence-electron chi connectivity index (χ4n) is 3.43. The van der Waals surface area contributed by atoms with Crippen LogP contribution in [0.4, 0.5) is 4.79 Å². The van der Waals surface area contributed by atoms with Crippen molar-refractivity contribution in [1.29, 1.82) is 0 Å². The zero-order valence-electron chi connectivity index (χ0n) is 17.7. The van der Waals surface area contributed by atoms with Crippen LogP contribution in [0.25, 0.3) is 0 Å². The van der Waals surface area contributed by atoms with E-state index in [1.165, 1.54) is 0 Å². The topological polar surface area (TPSA) is 76.5 Å². The Morgan fingerprint density at radius 2 is 1.93 bits per heavy atom. The zero-order valence-corrected chi connectivity index (χ0v) is 18.5. The second kappa shape index (κ2) is 9.51. The maximum atomic E-state index is 12.8. The summed E-state index contributed by atoms with van der Waals surface area (Å²) in [6, 6.07) is 7.60. The number of nitrogens with zero attached hydrogens (tertiary/aromatic N) is 3. The van der Waals surface area contributed by atoms with Gasteiger partial charge in [-0.3, -0.25) is 9.48 Å². The first-order chi connectivity index (χ1) is 14.2. The van der Waals surface area contributed by atoms with Crippen molar-refractivity contribution in [2.75, 3.05) is 19.6 Å². The van der Waals surface area contributed by atoms with Gasteiger partial charge in [0.05, 0.1) is 18.3 Å². The Kier molecular flexibility index (Phi) is 7.02. The number of piperidine rings is 1. The highest BCUT2D eigenvalue weighted by atomic mass is 35.5. The van der Waals surface area contributed by atoms with Gasteiger partial charge in [-0.2, -0.15) is 5.10 Å². The number of carbonyl (C=O) groups excluding carboxylic acids is 2. The Morgan fingerprint density at radius 1 is 1.23 bits per heavy atom. The number of ether oxygens (including phenoxy) is 1. The van der Waals surface area contributed by atoms with E-state index in [2.05, 4.69) is 10.4 Å². The van der Waals surface area contributed by atoms with Crippen LogP contribution >= 0.6 is 11.6 Å². The van der Waals surface area contributed by atoms with Crippen LogP contribution in [-0.4, -0.2) is 51.9 Å². The van der Waals surface area contributed by atoms with Crippen molar-refractivity contribution in [3.8, 4) is 0 Å². The summed E-state index contributed by atoms with van der Waals surface area (Å²) in [4.78, 5) is 26.5. The summed E-state index contributed by atoms with van der Waals surface area (Å²) in [5, 5.41) is 7.82. The Bertz CT molecular complexity index is 883. The van der Waals surface area contributed by atoms with E-state index in [1.54, 1.807) is 17.1 Å². The lowest BCUT2D eigenvalue weighted by Gasteiger charge is -2.32. The van der Waals surface area contributed by atoms with Crippen molar-refractivity contribution in [3.63, 3.8) is 0 Å². The second-order valence-corrected chi connectivity index (χ2v) is 9.04. The standard InChI is InChI=1S/C22H29ClN4O3/c1-22(2,3)30-21(29)24-12-16-8-10-26(11-9-16)20(28)18-13-25-27(15-18)14-17-6-4-5-7-19(17)23/h4-7,13,15-16H,8-12,14H2,1-3H3,(H,24,29). The van der Waals surface area contributed by atoms with E-state index in [0.29, 0.717) is 42.7 Å². The van der Waals surface area contributed by atoms with Gasteiger partial charge >= 0.3 is 6.09 Å². The molecule has 162 valence electrons. The minimum absolute atomic E-state index is 0.0149. The average molecular weight is 433 g/mol. The minimum atomic E-state index is -0.504. The molecule has 1 aromatic carbocycles. The molecule has 0 bridgehead atoms. The second-order valence-electron chi connectivity index (χ2n) is 8.64. The van der Waals surface area contributed by atoms with Gasteiger partial charge in [0.25, 0.3) is 5.91 Å². The highest BCUT2D eigenvalue weighted by Gasteiger charge is 2.25. The third kappa shape index (κ3) is 6.23. The molecule has 1 aliphatic rings. The molecule has 1 N–H and O–H groups in total. The molecule has 0 aliphatic carbocycles. The van der Waals surface area contributed by atoms with Gasteiger partial charge in [0.1, 0.15) is 5.60 Å². The third-order valence-corrected chi connectivity index (χ3v) is 5.37. The van der Waals surface area contributed by atoms with Crippen molar-refractivity contribution >= 4 is 23.6 Å². The number of benzene rings is 1. The molecule has 0 radical (unpaired) electrons. The lowest BCUT2D eigenvalue weighted by Crippen LogP contribution is -2.42. The molecule has 0 atom stereocenters. The molecule has 3 rings (SSSR count). The fraction of sp³-hybridized carbons (Fsp3) is 0.500. The molecule has 1 aromatic heterocycles. The molecule has 1 aliphatic heterocycles. The average Bonchev–Trinajstić information content (AvgIpc) is 3.15. The summed E-state index contributed by atoms with van der Waals surface area (Å²) in [7, 11) is 0. The Labute approximate surface area is 182 Å². The number of carbonyl (C=O) groups is 2. The molecule has 2 aromatic rings. The number of nitrogens with one attached hydrogen (secondary N) is 1. The quantitative estimate of drug-likeness (QED) is 0.775. The van der Waals surface area contributed by atoms with E-state index in [1.807, 2.05) is 49.9 Å². The highest BCUT2D eigenvalue weighted by Crippen LogP contribution is 2.20. The van der Waals surface area contributed by atoms with Crippen molar-refractivity contribution in [2.24, 2.45) is 5.92 Å². The van der Waals surface area contributed by atoms with Crippen molar-refractivity contribution in [3.05, 3.63) is 52.8 Å². The first-order valence-electron chi connectivity index (χ1n) is 10.2. The number of rotatable bonds is 5. The molecule has 1 saturated heterocycles. The van der Waals surface area contributed by atoms with E-state index in [4.69, 9.17) is 16.3 Å².